The second-order valence-electron chi connectivity index (χ2n) is 4.65. The van der Waals surface area contributed by atoms with Gasteiger partial charge in [0.05, 0.1) is 23.1 Å². The molecule has 22 heavy (non-hydrogen) atoms. The lowest BCUT2D eigenvalue weighted by Gasteiger charge is -2.08. The highest BCUT2D eigenvalue weighted by atomic mass is 35.5. The fourth-order valence-electron chi connectivity index (χ4n) is 1.71. The second-order valence-corrected chi connectivity index (χ2v) is 5.49. The molecule has 0 saturated heterocycles. The number of hydrogen-bond donors (Lipinski definition) is 2. The standard InChI is InChI=1S/C15H16Cl2N4O/c1-2-3-6-18-14-9-19-13(8-20-14)15(22)21-12-5-4-10(16)7-11(12)17/h4-5,7-9H,2-3,6H2,1H3,(H,18,20)(H,21,22). The van der Waals surface area contributed by atoms with Crippen LogP contribution < -0.4 is 10.6 Å². The maximum Gasteiger partial charge on any atom is 0.275 e. The predicted octanol–water partition coefficient (Wildman–Crippen LogP) is 4.25. The van der Waals surface area contributed by atoms with E-state index in [1.165, 1.54) is 12.4 Å². The molecule has 1 aromatic heterocycles. The molecule has 7 heteroatoms. The second kappa shape index (κ2) is 7.96. The van der Waals surface area contributed by atoms with Gasteiger partial charge in [-0.1, -0.05) is 36.5 Å². The van der Waals surface area contributed by atoms with Gasteiger partial charge in [0.15, 0.2) is 0 Å². The van der Waals surface area contributed by atoms with Crippen molar-refractivity contribution < 1.29 is 4.79 Å². The monoisotopic (exact) mass is 338 g/mol. The van der Waals surface area contributed by atoms with Crippen LogP contribution in [0.2, 0.25) is 10.0 Å². The molecular weight excluding hydrogens is 323 g/mol. The van der Waals surface area contributed by atoms with Crippen LogP contribution in [0.25, 0.3) is 0 Å². The van der Waals surface area contributed by atoms with Crippen LogP contribution >= 0.6 is 23.2 Å². The quantitative estimate of drug-likeness (QED) is 0.772. The molecule has 0 saturated carbocycles. The van der Waals surface area contributed by atoms with Crippen molar-refractivity contribution in [2.45, 2.75) is 19.8 Å². The van der Waals surface area contributed by atoms with Crippen LogP contribution in [0.3, 0.4) is 0 Å². The van der Waals surface area contributed by atoms with E-state index in [0.29, 0.717) is 21.6 Å². The van der Waals surface area contributed by atoms with Gasteiger partial charge in [-0.05, 0) is 24.6 Å². The first-order valence-electron chi connectivity index (χ1n) is 6.92. The molecule has 1 heterocycles. The predicted molar refractivity (Wildman–Crippen MR) is 89.8 cm³/mol. The summed E-state index contributed by atoms with van der Waals surface area (Å²) in [5.74, 6) is 0.270. The van der Waals surface area contributed by atoms with Crippen LogP contribution in [0.15, 0.2) is 30.6 Å². The van der Waals surface area contributed by atoms with E-state index in [-0.39, 0.29) is 11.6 Å². The van der Waals surface area contributed by atoms with Crippen molar-refractivity contribution in [2.24, 2.45) is 0 Å². The van der Waals surface area contributed by atoms with E-state index < -0.39 is 0 Å². The largest absolute Gasteiger partial charge is 0.369 e. The van der Waals surface area contributed by atoms with Crippen LogP contribution in [0.5, 0.6) is 0 Å². The van der Waals surface area contributed by atoms with Gasteiger partial charge in [0.1, 0.15) is 11.5 Å². The van der Waals surface area contributed by atoms with E-state index in [1.807, 2.05) is 0 Å². The summed E-state index contributed by atoms with van der Waals surface area (Å²) < 4.78 is 0. The molecule has 0 spiro atoms. The molecule has 0 aliphatic carbocycles. The average molecular weight is 339 g/mol. The van der Waals surface area contributed by atoms with E-state index in [4.69, 9.17) is 23.2 Å². The first-order chi connectivity index (χ1) is 10.6. The van der Waals surface area contributed by atoms with Gasteiger partial charge in [-0.3, -0.25) is 4.79 Å². The van der Waals surface area contributed by atoms with Crippen molar-refractivity contribution in [3.8, 4) is 0 Å². The molecular formula is C15H16Cl2N4O. The number of amides is 1. The molecule has 5 nitrogen and oxygen atoms in total. The van der Waals surface area contributed by atoms with Crippen molar-refractivity contribution in [1.82, 2.24) is 9.97 Å². The SMILES string of the molecule is CCCCNc1cnc(C(=O)Nc2ccc(Cl)cc2Cl)cn1. The summed E-state index contributed by atoms with van der Waals surface area (Å²) in [6.07, 6.45) is 5.11. The van der Waals surface area contributed by atoms with Crippen LogP contribution in [0.1, 0.15) is 30.3 Å². The number of carbonyl (C=O) groups excluding carboxylic acids is 1. The molecule has 116 valence electrons. The van der Waals surface area contributed by atoms with Gasteiger partial charge in [-0.25, -0.2) is 9.97 Å². The number of nitrogens with one attached hydrogen (secondary N) is 2. The van der Waals surface area contributed by atoms with Gasteiger partial charge in [0.25, 0.3) is 5.91 Å². The number of unbranched alkanes of at least 4 members (excludes halogenated alkanes) is 1. The molecule has 2 aromatic rings. The molecule has 0 aliphatic rings. The normalized spacial score (nSPS) is 10.3. The maximum atomic E-state index is 12.1. The zero-order valence-electron chi connectivity index (χ0n) is 12.1. The third kappa shape index (κ3) is 4.58. The third-order valence-electron chi connectivity index (χ3n) is 2.90. The third-order valence-corrected chi connectivity index (χ3v) is 3.45. The first kappa shape index (κ1) is 16.5. The summed E-state index contributed by atoms with van der Waals surface area (Å²) in [7, 11) is 0. The highest BCUT2D eigenvalue weighted by Crippen LogP contribution is 2.25. The van der Waals surface area contributed by atoms with E-state index in [1.54, 1.807) is 18.2 Å². The summed E-state index contributed by atoms with van der Waals surface area (Å²) >= 11 is 11.8. The Morgan fingerprint density at radius 2 is 2.05 bits per heavy atom. The van der Waals surface area contributed by atoms with Crippen LogP contribution in [-0.2, 0) is 0 Å². The Bertz CT molecular complexity index is 646. The van der Waals surface area contributed by atoms with Crippen molar-refractivity contribution in [2.75, 3.05) is 17.2 Å². The lowest BCUT2D eigenvalue weighted by Crippen LogP contribution is -2.15. The van der Waals surface area contributed by atoms with Gasteiger partial charge in [-0.2, -0.15) is 0 Å². The van der Waals surface area contributed by atoms with Gasteiger partial charge >= 0.3 is 0 Å². The summed E-state index contributed by atoms with van der Waals surface area (Å²) in [6, 6.07) is 4.84. The Morgan fingerprint density at radius 1 is 1.23 bits per heavy atom. The molecule has 0 atom stereocenters. The number of aromatic nitrogens is 2. The molecule has 1 aromatic carbocycles. The van der Waals surface area contributed by atoms with Gasteiger partial charge in [-0.15, -0.1) is 0 Å². The fourth-order valence-corrected chi connectivity index (χ4v) is 2.16. The number of benzene rings is 1. The maximum absolute atomic E-state index is 12.1. The van der Waals surface area contributed by atoms with E-state index in [2.05, 4.69) is 27.5 Å². The van der Waals surface area contributed by atoms with Gasteiger partial charge in [0.2, 0.25) is 0 Å². The Balaban J connectivity index is 2.00. The zero-order valence-corrected chi connectivity index (χ0v) is 13.6. The van der Waals surface area contributed by atoms with Crippen molar-refractivity contribution in [3.05, 3.63) is 46.3 Å². The van der Waals surface area contributed by atoms with Gasteiger partial charge < -0.3 is 10.6 Å². The topological polar surface area (TPSA) is 66.9 Å². The Hall–Kier alpha value is -1.85. The average Bonchev–Trinajstić information content (AvgIpc) is 2.51. The Kier molecular flexibility index (Phi) is 5.98. The number of nitrogens with zero attached hydrogens (tertiary/aromatic N) is 2. The lowest BCUT2D eigenvalue weighted by molar-refractivity contribution is 0.102. The zero-order chi connectivity index (χ0) is 15.9. The molecule has 0 unspecified atom stereocenters. The number of halogens is 2. The Labute approximate surface area is 139 Å². The highest BCUT2D eigenvalue weighted by molar-refractivity contribution is 6.36. The first-order valence-corrected chi connectivity index (χ1v) is 7.68. The number of hydrogen-bond acceptors (Lipinski definition) is 4. The number of anilines is 2. The summed E-state index contributed by atoms with van der Waals surface area (Å²) in [5, 5.41) is 6.68. The minimum atomic E-state index is -0.378. The molecule has 0 aliphatic heterocycles. The molecule has 0 bridgehead atoms. The summed E-state index contributed by atoms with van der Waals surface area (Å²) in [6.45, 7) is 2.94. The van der Waals surface area contributed by atoms with Crippen molar-refractivity contribution in [3.63, 3.8) is 0 Å². The Morgan fingerprint density at radius 3 is 2.68 bits per heavy atom. The minimum Gasteiger partial charge on any atom is -0.369 e. The van der Waals surface area contributed by atoms with E-state index in [9.17, 15) is 4.79 Å². The van der Waals surface area contributed by atoms with Crippen LogP contribution in [-0.4, -0.2) is 22.4 Å². The van der Waals surface area contributed by atoms with Crippen molar-refractivity contribution >= 4 is 40.6 Å². The van der Waals surface area contributed by atoms with Crippen LogP contribution in [0.4, 0.5) is 11.5 Å². The molecule has 0 radical (unpaired) electrons. The summed E-state index contributed by atoms with van der Waals surface area (Å²) in [4.78, 5) is 20.4. The summed E-state index contributed by atoms with van der Waals surface area (Å²) in [5.41, 5.74) is 0.690. The molecule has 2 rings (SSSR count). The highest BCUT2D eigenvalue weighted by Gasteiger charge is 2.10. The number of rotatable bonds is 6. The van der Waals surface area contributed by atoms with Gasteiger partial charge in [0, 0.05) is 11.6 Å². The molecule has 0 fully saturated rings. The number of carbonyl (C=O) groups is 1. The molecule has 1 amide bonds. The van der Waals surface area contributed by atoms with Crippen molar-refractivity contribution in [1.29, 1.82) is 0 Å². The lowest BCUT2D eigenvalue weighted by atomic mass is 10.3. The van der Waals surface area contributed by atoms with E-state index >= 15 is 0 Å². The van der Waals surface area contributed by atoms with E-state index in [0.717, 1.165) is 19.4 Å². The molecule has 2 N–H and O–H groups in total. The minimum absolute atomic E-state index is 0.215. The van der Waals surface area contributed by atoms with Crippen LogP contribution in [0, 0.1) is 0 Å². The fraction of sp³-hybridized carbons (Fsp3) is 0.267. The smallest absolute Gasteiger partial charge is 0.275 e.